The lowest BCUT2D eigenvalue weighted by atomic mass is 9.96. The quantitative estimate of drug-likeness (QED) is 0.843. The molecule has 1 aromatic heterocycles. The Balaban J connectivity index is 1.56. The number of nitrogens with one attached hydrogen (secondary N) is 1. The van der Waals surface area contributed by atoms with Crippen molar-refractivity contribution in [1.29, 1.82) is 0 Å². The average molecular weight is 293 g/mol. The molecule has 1 aromatic rings. The van der Waals surface area contributed by atoms with Crippen LogP contribution in [0.4, 0.5) is 6.01 Å². The van der Waals surface area contributed by atoms with E-state index in [1.54, 1.807) is 0 Å². The van der Waals surface area contributed by atoms with Crippen LogP contribution in [0.5, 0.6) is 0 Å². The standard InChI is InChI=1S/C14H23N5O2/c1-9-3-2-4-11(7-15)19(9)8-12(20)16-14-18-17-13(21-14)10-5-6-10/h9-11H,2-8,15H2,1H3,(H,16,18,20). The maximum absolute atomic E-state index is 12.2. The van der Waals surface area contributed by atoms with Crippen LogP contribution in [0.2, 0.25) is 0 Å². The molecule has 0 spiro atoms. The number of hydrogen-bond acceptors (Lipinski definition) is 6. The summed E-state index contributed by atoms with van der Waals surface area (Å²) in [5.41, 5.74) is 5.81. The largest absolute Gasteiger partial charge is 0.408 e. The van der Waals surface area contributed by atoms with Gasteiger partial charge in [-0.3, -0.25) is 15.0 Å². The molecule has 1 saturated carbocycles. The summed E-state index contributed by atoms with van der Waals surface area (Å²) >= 11 is 0. The van der Waals surface area contributed by atoms with Gasteiger partial charge in [0.1, 0.15) is 0 Å². The Kier molecular flexibility index (Phi) is 4.21. The van der Waals surface area contributed by atoms with Gasteiger partial charge < -0.3 is 10.2 Å². The number of carbonyl (C=O) groups is 1. The number of anilines is 1. The van der Waals surface area contributed by atoms with Gasteiger partial charge in [0.15, 0.2) is 0 Å². The van der Waals surface area contributed by atoms with Gasteiger partial charge in [-0.2, -0.15) is 0 Å². The number of nitrogens with zero attached hydrogens (tertiary/aromatic N) is 3. The molecule has 1 amide bonds. The van der Waals surface area contributed by atoms with Crippen LogP contribution in [0, 0.1) is 0 Å². The van der Waals surface area contributed by atoms with E-state index in [1.165, 1.54) is 6.42 Å². The van der Waals surface area contributed by atoms with Gasteiger partial charge in [-0.1, -0.05) is 11.5 Å². The zero-order chi connectivity index (χ0) is 14.8. The summed E-state index contributed by atoms with van der Waals surface area (Å²) in [6.45, 7) is 3.06. The van der Waals surface area contributed by atoms with Crippen molar-refractivity contribution in [3.05, 3.63) is 5.89 Å². The second-order valence-electron chi connectivity index (χ2n) is 6.11. The van der Waals surface area contributed by atoms with Crippen LogP contribution in [0.3, 0.4) is 0 Å². The number of aromatic nitrogens is 2. The van der Waals surface area contributed by atoms with Crippen LogP contribution in [-0.4, -0.2) is 46.2 Å². The minimum atomic E-state index is -0.117. The summed E-state index contributed by atoms with van der Waals surface area (Å²) in [6.07, 6.45) is 5.53. The van der Waals surface area contributed by atoms with Crippen LogP contribution in [0.25, 0.3) is 0 Å². The van der Waals surface area contributed by atoms with Crippen molar-refractivity contribution in [3.8, 4) is 0 Å². The van der Waals surface area contributed by atoms with E-state index in [0.717, 1.165) is 25.7 Å². The summed E-state index contributed by atoms with van der Waals surface area (Å²) in [4.78, 5) is 14.3. The maximum Gasteiger partial charge on any atom is 0.322 e. The molecule has 1 saturated heterocycles. The van der Waals surface area contributed by atoms with Gasteiger partial charge in [0.2, 0.25) is 11.8 Å². The Bertz CT molecular complexity index is 499. The van der Waals surface area contributed by atoms with Crippen LogP contribution >= 0.6 is 0 Å². The van der Waals surface area contributed by atoms with E-state index < -0.39 is 0 Å². The van der Waals surface area contributed by atoms with E-state index in [9.17, 15) is 4.79 Å². The molecule has 0 bridgehead atoms. The van der Waals surface area contributed by atoms with Gasteiger partial charge >= 0.3 is 6.01 Å². The predicted molar refractivity (Wildman–Crippen MR) is 77.8 cm³/mol. The van der Waals surface area contributed by atoms with E-state index in [-0.39, 0.29) is 18.0 Å². The normalized spacial score (nSPS) is 26.8. The van der Waals surface area contributed by atoms with Gasteiger partial charge in [0, 0.05) is 24.5 Å². The smallest absolute Gasteiger partial charge is 0.322 e. The van der Waals surface area contributed by atoms with Crippen molar-refractivity contribution in [2.45, 2.75) is 57.0 Å². The van der Waals surface area contributed by atoms with E-state index in [0.29, 0.717) is 30.9 Å². The summed E-state index contributed by atoms with van der Waals surface area (Å²) in [5.74, 6) is 0.913. The lowest BCUT2D eigenvalue weighted by molar-refractivity contribution is -0.119. The highest BCUT2D eigenvalue weighted by Gasteiger charge is 2.31. The fourth-order valence-electron chi connectivity index (χ4n) is 2.98. The molecule has 7 heteroatoms. The van der Waals surface area contributed by atoms with E-state index >= 15 is 0 Å². The van der Waals surface area contributed by atoms with Crippen LogP contribution in [0.1, 0.15) is 50.8 Å². The monoisotopic (exact) mass is 293 g/mol. The Morgan fingerprint density at radius 3 is 2.90 bits per heavy atom. The zero-order valence-corrected chi connectivity index (χ0v) is 12.4. The molecule has 1 aliphatic carbocycles. The lowest BCUT2D eigenvalue weighted by Gasteiger charge is -2.39. The third-order valence-electron chi connectivity index (χ3n) is 4.41. The van der Waals surface area contributed by atoms with Crippen LogP contribution < -0.4 is 11.1 Å². The molecule has 7 nitrogen and oxygen atoms in total. The van der Waals surface area contributed by atoms with Crippen LogP contribution in [-0.2, 0) is 4.79 Å². The molecule has 2 heterocycles. The average Bonchev–Trinajstić information content (AvgIpc) is 3.22. The van der Waals surface area contributed by atoms with Crippen LogP contribution in [0.15, 0.2) is 4.42 Å². The molecule has 21 heavy (non-hydrogen) atoms. The topological polar surface area (TPSA) is 97.3 Å². The number of nitrogens with two attached hydrogens (primary N) is 1. The first-order valence-corrected chi connectivity index (χ1v) is 7.76. The van der Waals surface area contributed by atoms with Gasteiger partial charge in [-0.25, -0.2) is 0 Å². The fraction of sp³-hybridized carbons (Fsp3) is 0.786. The summed E-state index contributed by atoms with van der Waals surface area (Å²) in [6, 6.07) is 0.864. The van der Waals surface area contributed by atoms with Gasteiger partial charge in [0.05, 0.1) is 6.54 Å². The molecule has 2 unspecified atom stereocenters. The number of amides is 1. The van der Waals surface area contributed by atoms with Crippen molar-refractivity contribution in [2.75, 3.05) is 18.4 Å². The van der Waals surface area contributed by atoms with E-state index in [1.807, 2.05) is 0 Å². The molecular formula is C14H23N5O2. The second-order valence-corrected chi connectivity index (χ2v) is 6.11. The summed E-state index contributed by atoms with van der Waals surface area (Å²) in [5, 5.41) is 10.5. The van der Waals surface area contributed by atoms with Crippen molar-refractivity contribution in [1.82, 2.24) is 15.1 Å². The first kappa shape index (κ1) is 14.5. The Morgan fingerprint density at radius 2 is 2.19 bits per heavy atom. The Morgan fingerprint density at radius 1 is 1.38 bits per heavy atom. The first-order chi connectivity index (χ1) is 10.2. The van der Waals surface area contributed by atoms with Gasteiger partial charge in [-0.15, -0.1) is 5.10 Å². The SMILES string of the molecule is CC1CCCC(CN)N1CC(=O)Nc1nnc(C2CC2)o1. The second kappa shape index (κ2) is 6.11. The minimum absolute atomic E-state index is 0.117. The third-order valence-corrected chi connectivity index (χ3v) is 4.41. The molecule has 116 valence electrons. The van der Waals surface area contributed by atoms with Gasteiger partial charge in [-0.05, 0) is 32.6 Å². The molecular weight excluding hydrogens is 270 g/mol. The molecule has 3 N–H and O–H groups in total. The van der Waals surface area contributed by atoms with Crippen molar-refractivity contribution >= 4 is 11.9 Å². The number of hydrogen-bond donors (Lipinski definition) is 2. The number of rotatable bonds is 5. The minimum Gasteiger partial charge on any atom is -0.408 e. The highest BCUT2D eigenvalue weighted by molar-refractivity contribution is 5.90. The van der Waals surface area contributed by atoms with Crippen molar-refractivity contribution in [2.24, 2.45) is 5.73 Å². The Hall–Kier alpha value is -1.47. The summed E-state index contributed by atoms with van der Waals surface area (Å²) in [7, 11) is 0. The number of likely N-dealkylation sites (tertiary alicyclic amines) is 1. The highest BCUT2D eigenvalue weighted by atomic mass is 16.4. The zero-order valence-electron chi connectivity index (χ0n) is 12.4. The molecule has 2 aliphatic rings. The third kappa shape index (κ3) is 3.41. The van der Waals surface area contributed by atoms with E-state index in [2.05, 4.69) is 27.3 Å². The van der Waals surface area contributed by atoms with Crippen molar-refractivity contribution in [3.63, 3.8) is 0 Å². The fourth-order valence-corrected chi connectivity index (χ4v) is 2.98. The number of carbonyl (C=O) groups excluding carboxylic acids is 1. The molecule has 2 atom stereocenters. The summed E-state index contributed by atoms with van der Waals surface area (Å²) < 4.78 is 5.45. The molecule has 2 fully saturated rings. The maximum atomic E-state index is 12.2. The highest BCUT2D eigenvalue weighted by Crippen LogP contribution is 2.39. The Labute approximate surface area is 124 Å². The predicted octanol–water partition coefficient (Wildman–Crippen LogP) is 1.09. The van der Waals surface area contributed by atoms with Crippen molar-refractivity contribution < 1.29 is 9.21 Å². The molecule has 0 aromatic carbocycles. The molecule has 1 aliphatic heterocycles. The lowest BCUT2D eigenvalue weighted by Crippen LogP contribution is -2.51. The molecule has 0 radical (unpaired) electrons. The number of piperidine rings is 1. The van der Waals surface area contributed by atoms with E-state index in [4.69, 9.17) is 10.2 Å². The first-order valence-electron chi connectivity index (χ1n) is 7.76. The molecule has 3 rings (SSSR count). The van der Waals surface area contributed by atoms with Gasteiger partial charge in [0.25, 0.3) is 0 Å².